The molecule has 0 bridgehead atoms. The summed E-state index contributed by atoms with van der Waals surface area (Å²) in [7, 11) is 0. The van der Waals surface area contributed by atoms with Crippen molar-refractivity contribution in [3.8, 4) is 11.8 Å². The summed E-state index contributed by atoms with van der Waals surface area (Å²) in [6.07, 6.45) is 28.5. The number of fused-ring (bicyclic) bond motifs is 1. The van der Waals surface area contributed by atoms with Crippen molar-refractivity contribution in [1.82, 2.24) is 9.97 Å². The number of rotatable bonds is 24. The third-order valence-corrected chi connectivity index (χ3v) is 7.02. The first kappa shape index (κ1) is 30.4. The van der Waals surface area contributed by atoms with Crippen LogP contribution in [-0.2, 0) is 0 Å². The molecule has 4 heteroatoms. The molecule has 0 saturated heterocycles. The van der Waals surface area contributed by atoms with Gasteiger partial charge in [-0.25, -0.2) is 4.98 Å². The highest BCUT2D eigenvalue weighted by Gasteiger charge is 2.04. The summed E-state index contributed by atoms with van der Waals surface area (Å²) in [4.78, 5) is 8.98. The highest BCUT2D eigenvalue weighted by atomic mass is 16.5. The Bertz CT molecular complexity index is 715. The van der Waals surface area contributed by atoms with E-state index >= 15 is 0 Å². The summed E-state index contributed by atoms with van der Waals surface area (Å²) in [5, 5.41) is 1.00. The highest BCUT2D eigenvalue weighted by Crippen LogP contribution is 2.21. The van der Waals surface area contributed by atoms with Crippen molar-refractivity contribution in [1.29, 1.82) is 0 Å². The molecule has 1 aromatic carbocycles. The average molecular weight is 499 g/mol. The monoisotopic (exact) mass is 498 g/mol. The average Bonchev–Trinajstić information content (AvgIpc) is 2.90. The van der Waals surface area contributed by atoms with Gasteiger partial charge in [0, 0.05) is 11.6 Å². The molecule has 2 rings (SSSR count). The Morgan fingerprint density at radius 3 is 1.56 bits per heavy atom. The lowest BCUT2D eigenvalue weighted by atomic mass is 10.1. The number of aromatic nitrogens is 2. The third-order valence-electron chi connectivity index (χ3n) is 7.02. The van der Waals surface area contributed by atoms with E-state index in [0.29, 0.717) is 12.6 Å². The number of benzene rings is 1. The predicted octanol–water partition coefficient (Wildman–Crippen LogP) is 10.2. The minimum Gasteiger partial charge on any atom is -0.494 e. The van der Waals surface area contributed by atoms with Crippen LogP contribution in [0, 0.1) is 0 Å². The van der Waals surface area contributed by atoms with Crippen LogP contribution in [0.2, 0.25) is 0 Å². The second-order valence-corrected chi connectivity index (χ2v) is 10.4. The zero-order chi connectivity index (χ0) is 25.5. The molecular weight excluding hydrogens is 444 g/mol. The van der Waals surface area contributed by atoms with Crippen molar-refractivity contribution >= 4 is 10.9 Å². The van der Waals surface area contributed by atoms with Gasteiger partial charge in [0.05, 0.1) is 18.7 Å². The second-order valence-electron chi connectivity index (χ2n) is 10.4. The van der Waals surface area contributed by atoms with Crippen molar-refractivity contribution in [3.05, 3.63) is 24.4 Å². The van der Waals surface area contributed by atoms with E-state index in [9.17, 15) is 0 Å². The van der Waals surface area contributed by atoms with Crippen LogP contribution in [0.4, 0.5) is 0 Å². The first-order chi connectivity index (χ1) is 17.8. The lowest BCUT2D eigenvalue weighted by Crippen LogP contribution is -2.01. The zero-order valence-electron chi connectivity index (χ0n) is 23.6. The van der Waals surface area contributed by atoms with Crippen molar-refractivity contribution in [3.63, 3.8) is 0 Å². The van der Waals surface area contributed by atoms with E-state index in [0.717, 1.165) is 36.1 Å². The van der Waals surface area contributed by atoms with Gasteiger partial charge >= 0.3 is 6.01 Å². The predicted molar refractivity (Wildman–Crippen MR) is 154 cm³/mol. The number of unbranched alkanes of at least 4 members (excludes halogenated alkanes) is 18. The van der Waals surface area contributed by atoms with Gasteiger partial charge in [0.25, 0.3) is 0 Å². The number of hydrogen-bond donors (Lipinski definition) is 0. The smallest absolute Gasteiger partial charge is 0.316 e. The molecular formula is C32H54N2O2. The Labute approximate surface area is 222 Å². The largest absolute Gasteiger partial charge is 0.494 e. The lowest BCUT2D eigenvalue weighted by molar-refractivity contribution is 0.282. The van der Waals surface area contributed by atoms with Gasteiger partial charge in [0.2, 0.25) is 0 Å². The van der Waals surface area contributed by atoms with E-state index in [1.165, 1.54) is 116 Å². The molecule has 0 saturated carbocycles. The van der Waals surface area contributed by atoms with Crippen LogP contribution < -0.4 is 9.47 Å². The van der Waals surface area contributed by atoms with Gasteiger partial charge in [-0.2, -0.15) is 4.98 Å². The molecule has 0 spiro atoms. The topological polar surface area (TPSA) is 44.2 Å². The van der Waals surface area contributed by atoms with E-state index in [2.05, 4.69) is 23.8 Å². The van der Waals surface area contributed by atoms with Crippen molar-refractivity contribution < 1.29 is 9.47 Å². The fourth-order valence-corrected chi connectivity index (χ4v) is 4.69. The second kappa shape index (κ2) is 21.3. The molecule has 0 unspecified atom stereocenters. The van der Waals surface area contributed by atoms with Crippen LogP contribution in [0.25, 0.3) is 10.9 Å². The number of hydrogen-bond acceptors (Lipinski definition) is 4. The Morgan fingerprint density at radius 1 is 0.556 bits per heavy atom. The Kier molecular flexibility index (Phi) is 17.9. The van der Waals surface area contributed by atoms with Crippen molar-refractivity contribution in [2.24, 2.45) is 0 Å². The SMILES string of the molecule is CCCCCCCCCCCCOc1ccc2nc(OCCCCCCCCCCCC)ncc2c1. The molecule has 0 atom stereocenters. The van der Waals surface area contributed by atoms with E-state index in [1.807, 2.05) is 24.4 Å². The van der Waals surface area contributed by atoms with Crippen LogP contribution in [0.15, 0.2) is 24.4 Å². The number of ether oxygens (including phenoxy) is 2. The van der Waals surface area contributed by atoms with Crippen LogP contribution >= 0.6 is 0 Å². The van der Waals surface area contributed by atoms with E-state index in [-0.39, 0.29) is 0 Å². The fraction of sp³-hybridized carbons (Fsp3) is 0.750. The van der Waals surface area contributed by atoms with Crippen molar-refractivity contribution in [2.45, 2.75) is 142 Å². The van der Waals surface area contributed by atoms with Gasteiger partial charge in [-0.05, 0) is 31.0 Å². The highest BCUT2D eigenvalue weighted by molar-refractivity contribution is 5.79. The summed E-state index contributed by atoms with van der Waals surface area (Å²) >= 11 is 0. The molecule has 0 amide bonds. The summed E-state index contributed by atoms with van der Waals surface area (Å²) in [5.74, 6) is 0.904. The van der Waals surface area contributed by atoms with Gasteiger partial charge in [-0.15, -0.1) is 0 Å². The van der Waals surface area contributed by atoms with Gasteiger partial charge < -0.3 is 9.47 Å². The Morgan fingerprint density at radius 2 is 1.03 bits per heavy atom. The standard InChI is InChI=1S/C32H54N2O2/c1-3-5-7-9-11-13-15-17-19-21-25-35-30-23-24-31-29(27-30)28-33-32(34-31)36-26-22-20-18-16-14-12-10-8-6-4-2/h23-24,27-28H,3-22,25-26H2,1-2H3. The maximum Gasteiger partial charge on any atom is 0.316 e. The maximum absolute atomic E-state index is 5.97. The van der Waals surface area contributed by atoms with Crippen molar-refractivity contribution in [2.75, 3.05) is 13.2 Å². The Hall–Kier alpha value is -1.84. The van der Waals surface area contributed by atoms with Gasteiger partial charge in [-0.1, -0.05) is 129 Å². The lowest BCUT2D eigenvalue weighted by Gasteiger charge is -2.08. The molecule has 4 nitrogen and oxygen atoms in total. The normalized spacial score (nSPS) is 11.3. The summed E-state index contributed by atoms with van der Waals surface area (Å²) < 4.78 is 11.8. The first-order valence-electron chi connectivity index (χ1n) is 15.4. The number of nitrogens with zero attached hydrogens (tertiary/aromatic N) is 2. The van der Waals surface area contributed by atoms with E-state index in [1.54, 1.807) is 0 Å². The van der Waals surface area contributed by atoms with Gasteiger partial charge in [-0.3, -0.25) is 0 Å². The molecule has 0 fully saturated rings. The molecule has 0 aliphatic heterocycles. The third kappa shape index (κ3) is 14.7. The summed E-state index contributed by atoms with van der Waals surface area (Å²) in [5.41, 5.74) is 0.911. The van der Waals surface area contributed by atoms with Gasteiger partial charge in [0.15, 0.2) is 0 Å². The van der Waals surface area contributed by atoms with Gasteiger partial charge in [0.1, 0.15) is 5.75 Å². The molecule has 0 aliphatic carbocycles. The molecule has 0 radical (unpaired) electrons. The molecule has 1 heterocycles. The Balaban J connectivity index is 1.51. The maximum atomic E-state index is 5.97. The first-order valence-corrected chi connectivity index (χ1v) is 15.4. The molecule has 36 heavy (non-hydrogen) atoms. The van der Waals surface area contributed by atoms with Crippen LogP contribution in [0.1, 0.15) is 142 Å². The molecule has 204 valence electrons. The molecule has 1 aromatic heterocycles. The minimum absolute atomic E-state index is 0.484. The summed E-state index contributed by atoms with van der Waals surface area (Å²) in [6, 6.07) is 6.55. The van der Waals surface area contributed by atoms with Crippen LogP contribution in [0.5, 0.6) is 11.8 Å². The summed E-state index contributed by atoms with van der Waals surface area (Å²) in [6.45, 7) is 6.03. The van der Waals surface area contributed by atoms with E-state index < -0.39 is 0 Å². The minimum atomic E-state index is 0.484. The quantitative estimate of drug-likeness (QED) is 0.135. The van der Waals surface area contributed by atoms with Crippen LogP contribution in [0.3, 0.4) is 0 Å². The van der Waals surface area contributed by atoms with Crippen LogP contribution in [-0.4, -0.2) is 23.2 Å². The molecule has 2 aromatic rings. The molecule has 0 aliphatic rings. The molecule has 0 N–H and O–H groups in total. The fourth-order valence-electron chi connectivity index (χ4n) is 4.69. The van der Waals surface area contributed by atoms with E-state index in [4.69, 9.17) is 9.47 Å². The zero-order valence-corrected chi connectivity index (χ0v) is 23.6.